The molecule has 0 saturated heterocycles. The highest BCUT2D eigenvalue weighted by Crippen LogP contribution is 2.25. The Labute approximate surface area is 115 Å². The summed E-state index contributed by atoms with van der Waals surface area (Å²) in [4.78, 5) is 0. The third kappa shape index (κ3) is 3.17. The SMILES string of the molecule is COc1cc(NCc2cccc(Br)c2)ccc1N. The van der Waals surface area contributed by atoms with Gasteiger partial charge < -0.3 is 15.8 Å². The number of benzene rings is 2. The zero-order chi connectivity index (χ0) is 13.0. The van der Waals surface area contributed by atoms with Gasteiger partial charge in [-0.3, -0.25) is 0 Å². The highest BCUT2D eigenvalue weighted by Gasteiger charge is 2.01. The van der Waals surface area contributed by atoms with E-state index in [-0.39, 0.29) is 0 Å². The maximum atomic E-state index is 5.77. The van der Waals surface area contributed by atoms with Crippen LogP contribution in [0.4, 0.5) is 11.4 Å². The van der Waals surface area contributed by atoms with Gasteiger partial charge in [-0.05, 0) is 29.8 Å². The van der Waals surface area contributed by atoms with Crippen molar-refractivity contribution in [1.29, 1.82) is 0 Å². The summed E-state index contributed by atoms with van der Waals surface area (Å²) >= 11 is 3.46. The van der Waals surface area contributed by atoms with Crippen LogP contribution < -0.4 is 15.8 Å². The van der Waals surface area contributed by atoms with Crippen LogP contribution in [0.1, 0.15) is 5.56 Å². The second kappa shape index (κ2) is 5.78. The minimum absolute atomic E-state index is 0.644. The molecule has 4 heteroatoms. The third-order valence-corrected chi connectivity index (χ3v) is 3.11. The molecule has 0 amide bonds. The van der Waals surface area contributed by atoms with Gasteiger partial charge in [-0.2, -0.15) is 0 Å². The van der Waals surface area contributed by atoms with Crippen molar-refractivity contribution in [2.24, 2.45) is 0 Å². The molecular formula is C14H15BrN2O. The van der Waals surface area contributed by atoms with Crippen LogP contribution in [-0.4, -0.2) is 7.11 Å². The predicted molar refractivity (Wildman–Crippen MR) is 78.9 cm³/mol. The summed E-state index contributed by atoms with van der Waals surface area (Å²) in [5.74, 6) is 0.689. The molecule has 0 aliphatic rings. The first-order valence-electron chi connectivity index (χ1n) is 5.61. The summed E-state index contributed by atoms with van der Waals surface area (Å²) in [7, 11) is 1.61. The highest BCUT2D eigenvalue weighted by molar-refractivity contribution is 9.10. The van der Waals surface area contributed by atoms with Gasteiger partial charge in [0.15, 0.2) is 0 Å². The molecule has 0 saturated carbocycles. The number of methoxy groups -OCH3 is 1. The number of anilines is 2. The Balaban J connectivity index is 2.06. The minimum atomic E-state index is 0.644. The number of hydrogen-bond donors (Lipinski definition) is 2. The van der Waals surface area contributed by atoms with Crippen LogP contribution in [0.25, 0.3) is 0 Å². The fourth-order valence-electron chi connectivity index (χ4n) is 1.67. The second-order valence-electron chi connectivity index (χ2n) is 3.94. The molecule has 3 nitrogen and oxygen atoms in total. The van der Waals surface area contributed by atoms with E-state index in [1.54, 1.807) is 7.11 Å². The molecule has 0 aliphatic carbocycles. The van der Waals surface area contributed by atoms with Gasteiger partial charge in [0.05, 0.1) is 12.8 Å². The molecule has 18 heavy (non-hydrogen) atoms. The first-order chi connectivity index (χ1) is 8.69. The molecule has 0 atom stereocenters. The van der Waals surface area contributed by atoms with Crippen molar-refractivity contribution in [3.8, 4) is 5.75 Å². The van der Waals surface area contributed by atoms with E-state index >= 15 is 0 Å². The van der Waals surface area contributed by atoms with Crippen LogP contribution in [0.3, 0.4) is 0 Å². The smallest absolute Gasteiger partial charge is 0.143 e. The zero-order valence-corrected chi connectivity index (χ0v) is 11.7. The number of nitrogens with two attached hydrogens (primary N) is 1. The average Bonchev–Trinajstić information content (AvgIpc) is 2.38. The molecule has 0 radical (unpaired) electrons. The summed E-state index contributed by atoms with van der Waals surface area (Å²) in [5.41, 5.74) is 8.61. The molecular weight excluding hydrogens is 292 g/mol. The van der Waals surface area contributed by atoms with E-state index in [1.165, 1.54) is 5.56 Å². The number of ether oxygens (including phenoxy) is 1. The molecule has 3 N–H and O–H groups in total. The molecule has 2 aromatic carbocycles. The Morgan fingerprint density at radius 3 is 2.78 bits per heavy atom. The number of nitrogen functional groups attached to an aromatic ring is 1. The van der Waals surface area contributed by atoms with Crippen LogP contribution >= 0.6 is 15.9 Å². The number of rotatable bonds is 4. The van der Waals surface area contributed by atoms with E-state index in [0.717, 1.165) is 16.7 Å². The molecule has 2 rings (SSSR count). The highest BCUT2D eigenvalue weighted by atomic mass is 79.9. The summed E-state index contributed by atoms with van der Waals surface area (Å²) in [6.45, 7) is 0.756. The lowest BCUT2D eigenvalue weighted by Gasteiger charge is -2.10. The van der Waals surface area contributed by atoms with Crippen molar-refractivity contribution >= 4 is 27.3 Å². The fourth-order valence-corrected chi connectivity index (χ4v) is 2.12. The molecule has 0 aromatic heterocycles. The standard InChI is InChI=1S/C14H15BrN2O/c1-18-14-8-12(5-6-13(14)16)17-9-10-3-2-4-11(15)7-10/h2-8,17H,9,16H2,1H3. The van der Waals surface area contributed by atoms with E-state index in [4.69, 9.17) is 10.5 Å². The largest absolute Gasteiger partial charge is 0.495 e. The number of nitrogens with one attached hydrogen (secondary N) is 1. The summed E-state index contributed by atoms with van der Waals surface area (Å²) < 4.78 is 6.26. The van der Waals surface area contributed by atoms with Crippen molar-refractivity contribution in [2.75, 3.05) is 18.2 Å². The van der Waals surface area contributed by atoms with Gasteiger partial charge >= 0.3 is 0 Å². The van der Waals surface area contributed by atoms with Crippen molar-refractivity contribution in [2.45, 2.75) is 6.54 Å². The first kappa shape index (κ1) is 12.8. The van der Waals surface area contributed by atoms with E-state index in [2.05, 4.69) is 33.4 Å². The number of hydrogen-bond acceptors (Lipinski definition) is 3. The summed E-state index contributed by atoms with van der Waals surface area (Å²) in [5, 5.41) is 3.33. The predicted octanol–water partition coefficient (Wildman–Crippen LogP) is 3.65. The first-order valence-corrected chi connectivity index (χ1v) is 6.40. The van der Waals surface area contributed by atoms with Crippen molar-refractivity contribution in [3.05, 3.63) is 52.5 Å². The summed E-state index contributed by atoms with van der Waals surface area (Å²) in [6.07, 6.45) is 0. The molecule has 0 unspecified atom stereocenters. The van der Waals surface area contributed by atoms with Crippen molar-refractivity contribution in [1.82, 2.24) is 0 Å². The Kier molecular flexibility index (Phi) is 4.10. The lowest BCUT2D eigenvalue weighted by Crippen LogP contribution is -2.00. The van der Waals surface area contributed by atoms with Gasteiger partial charge in [0, 0.05) is 22.8 Å². The molecule has 0 aliphatic heterocycles. The molecule has 0 bridgehead atoms. The van der Waals surface area contributed by atoms with Gasteiger partial charge in [0.25, 0.3) is 0 Å². The topological polar surface area (TPSA) is 47.3 Å². The van der Waals surface area contributed by atoms with Crippen LogP contribution in [0.15, 0.2) is 46.9 Å². The Bertz CT molecular complexity index is 543. The third-order valence-electron chi connectivity index (χ3n) is 2.62. The normalized spacial score (nSPS) is 10.1. The van der Waals surface area contributed by atoms with Gasteiger partial charge in [-0.25, -0.2) is 0 Å². The Morgan fingerprint density at radius 1 is 1.22 bits per heavy atom. The van der Waals surface area contributed by atoms with Gasteiger partial charge in [-0.15, -0.1) is 0 Å². The molecule has 0 heterocycles. The maximum Gasteiger partial charge on any atom is 0.143 e. The lowest BCUT2D eigenvalue weighted by atomic mass is 10.2. The molecule has 2 aromatic rings. The van der Waals surface area contributed by atoms with Gasteiger partial charge in [0.1, 0.15) is 5.75 Å². The fraction of sp³-hybridized carbons (Fsp3) is 0.143. The van der Waals surface area contributed by atoms with E-state index in [0.29, 0.717) is 11.4 Å². The monoisotopic (exact) mass is 306 g/mol. The van der Waals surface area contributed by atoms with E-state index < -0.39 is 0 Å². The Hall–Kier alpha value is -1.68. The zero-order valence-electron chi connectivity index (χ0n) is 10.1. The summed E-state index contributed by atoms with van der Waals surface area (Å²) in [6, 6.07) is 13.9. The van der Waals surface area contributed by atoms with Gasteiger partial charge in [0.2, 0.25) is 0 Å². The molecule has 94 valence electrons. The van der Waals surface area contributed by atoms with Crippen molar-refractivity contribution in [3.63, 3.8) is 0 Å². The van der Waals surface area contributed by atoms with Crippen LogP contribution in [0.2, 0.25) is 0 Å². The second-order valence-corrected chi connectivity index (χ2v) is 4.86. The van der Waals surface area contributed by atoms with Crippen LogP contribution in [-0.2, 0) is 6.54 Å². The molecule has 0 spiro atoms. The van der Waals surface area contributed by atoms with Crippen molar-refractivity contribution < 1.29 is 4.74 Å². The van der Waals surface area contributed by atoms with E-state index in [1.807, 2.05) is 30.3 Å². The molecule has 0 fully saturated rings. The number of halogens is 1. The Morgan fingerprint density at radius 2 is 2.06 bits per heavy atom. The van der Waals surface area contributed by atoms with Gasteiger partial charge in [-0.1, -0.05) is 28.1 Å². The average molecular weight is 307 g/mol. The maximum absolute atomic E-state index is 5.77. The minimum Gasteiger partial charge on any atom is -0.495 e. The van der Waals surface area contributed by atoms with Crippen LogP contribution in [0, 0.1) is 0 Å². The van der Waals surface area contributed by atoms with Crippen LogP contribution in [0.5, 0.6) is 5.75 Å². The quantitative estimate of drug-likeness (QED) is 0.848. The van der Waals surface area contributed by atoms with E-state index in [9.17, 15) is 0 Å². The lowest BCUT2D eigenvalue weighted by molar-refractivity contribution is 0.417.